The number of carbonyl (C=O) groups excluding carboxylic acids is 3. The number of nitrogens with zero attached hydrogens (tertiary/aromatic N) is 4. The number of nitrogens with one attached hydrogen (secondary N) is 2. The fourth-order valence-electron chi connectivity index (χ4n) is 2.87. The zero-order chi connectivity index (χ0) is 21.8. The molecular weight excluding hydrogens is 406 g/mol. The van der Waals surface area contributed by atoms with Crippen molar-refractivity contribution < 1.29 is 14.4 Å². The molecule has 10 nitrogen and oxygen atoms in total. The summed E-state index contributed by atoms with van der Waals surface area (Å²) >= 11 is 1.42. The summed E-state index contributed by atoms with van der Waals surface area (Å²) in [6.07, 6.45) is 2.01. The highest BCUT2D eigenvalue weighted by Crippen LogP contribution is 2.18. The van der Waals surface area contributed by atoms with E-state index in [2.05, 4.69) is 25.7 Å². The van der Waals surface area contributed by atoms with Crippen molar-refractivity contribution in [3.05, 3.63) is 46.8 Å². The van der Waals surface area contributed by atoms with Gasteiger partial charge in [-0.05, 0) is 44.4 Å². The lowest BCUT2D eigenvalue weighted by Crippen LogP contribution is -2.33. The number of amides is 3. The number of hydrogen-bond acceptors (Lipinski definition) is 7. The molecule has 0 spiro atoms. The van der Waals surface area contributed by atoms with Crippen LogP contribution in [-0.2, 0) is 16.0 Å². The molecule has 0 fully saturated rings. The van der Waals surface area contributed by atoms with E-state index in [1.165, 1.54) is 11.8 Å². The lowest BCUT2D eigenvalue weighted by molar-refractivity contribution is -0.117. The molecule has 3 aromatic rings. The predicted molar refractivity (Wildman–Crippen MR) is 112 cm³/mol. The van der Waals surface area contributed by atoms with E-state index >= 15 is 0 Å². The molecule has 0 unspecified atom stereocenters. The third kappa shape index (κ3) is 4.74. The molecule has 0 aliphatic carbocycles. The molecule has 156 valence electrons. The van der Waals surface area contributed by atoms with Crippen LogP contribution < -0.4 is 16.4 Å². The van der Waals surface area contributed by atoms with E-state index in [4.69, 9.17) is 5.73 Å². The summed E-state index contributed by atoms with van der Waals surface area (Å²) in [7, 11) is 0. The van der Waals surface area contributed by atoms with Gasteiger partial charge in [0.25, 0.3) is 11.7 Å². The van der Waals surface area contributed by atoms with Gasteiger partial charge in [0.15, 0.2) is 0 Å². The number of rotatable bonds is 7. The first kappa shape index (κ1) is 21.2. The minimum Gasteiger partial charge on any atom is -0.368 e. The number of anilines is 1. The Labute approximate surface area is 176 Å². The first-order valence-corrected chi connectivity index (χ1v) is 10.2. The predicted octanol–water partition coefficient (Wildman–Crippen LogP) is 0.859. The van der Waals surface area contributed by atoms with Gasteiger partial charge in [-0.15, -0.1) is 5.10 Å². The standard InChI is InChI=1S/C19H21N7O3S/c1-10-14(11(2)26-18(22-10)24-19(25-26)30-3)8-16(28)23-13-6-4-12(5-7-13)17(29)21-9-15(20)27/h4-7H,8-9H2,1-3H3,(H2,20,27)(H,21,29)(H,23,28). The summed E-state index contributed by atoms with van der Waals surface area (Å²) in [5.41, 5.74) is 8.21. The molecule has 0 aliphatic heterocycles. The van der Waals surface area contributed by atoms with E-state index in [9.17, 15) is 14.4 Å². The smallest absolute Gasteiger partial charge is 0.253 e. The fraction of sp³-hybridized carbons (Fsp3) is 0.263. The Morgan fingerprint density at radius 2 is 1.83 bits per heavy atom. The molecule has 3 amide bonds. The Hall–Kier alpha value is -3.47. The second-order valence-corrected chi connectivity index (χ2v) is 7.30. The van der Waals surface area contributed by atoms with E-state index in [1.54, 1.807) is 28.8 Å². The summed E-state index contributed by atoms with van der Waals surface area (Å²) < 4.78 is 1.64. The fourth-order valence-corrected chi connectivity index (χ4v) is 3.21. The number of aryl methyl sites for hydroxylation is 2. The van der Waals surface area contributed by atoms with Crippen LogP contribution in [0.25, 0.3) is 5.78 Å². The Balaban J connectivity index is 1.70. The number of primary amides is 1. The minimum atomic E-state index is -0.624. The molecule has 11 heteroatoms. The van der Waals surface area contributed by atoms with Crippen LogP contribution in [0.5, 0.6) is 0 Å². The van der Waals surface area contributed by atoms with Gasteiger partial charge < -0.3 is 16.4 Å². The molecule has 30 heavy (non-hydrogen) atoms. The van der Waals surface area contributed by atoms with Crippen molar-refractivity contribution in [1.82, 2.24) is 24.9 Å². The SMILES string of the molecule is CSc1nc2nc(C)c(CC(=O)Nc3ccc(C(=O)NCC(N)=O)cc3)c(C)n2n1. The van der Waals surface area contributed by atoms with E-state index in [1.807, 2.05) is 20.1 Å². The summed E-state index contributed by atoms with van der Waals surface area (Å²) in [5, 5.41) is 10.2. The monoisotopic (exact) mass is 427 g/mol. The maximum atomic E-state index is 12.6. The number of carbonyl (C=O) groups is 3. The normalized spacial score (nSPS) is 10.8. The van der Waals surface area contributed by atoms with Gasteiger partial charge >= 0.3 is 0 Å². The first-order valence-electron chi connectivity index (χ1n) is 9.01. The van der Waals surface area contributed by atoms with Crippen molar-refractivity contribution in [2.45, 2.75) is 25.4 Å². The van der Waals surface area contributed by atoms with Crippen LogP contribution in [0.2, 0.25) is 0 Å². The average Bonchev–Trinajstić information content (AvgIpc) is 3.13. The molecule has 0 saturated heterocycles. The molecule has 2 aromatic heterocycles. The van der Waals surface area contributed by atoms with E-state index in [0.29, 0.717) is 22.2 Å². The van der Waals surface area contributed by atoms with Crippen molar-refractivity contribution >= 4 is 40.9 Å². The number of benzene rings is 1. The Bertz CT molecular complexity index is 1130. The Morgan fingerprint density at radius 1 is 1.13 bits per heavy atom. The number of nitrogens with two attached hydrogens (primary N) is 1. The van der Waals surface area contributed by atoms with Gasteiger partial charge in [-0.3, -0.25) is 14.4 Å². The zero-order valence-corrected chi connectivity index (χ0v) is 17.5. The number of aromatic nitrogens is 4. The lowest BCUT2D eigenvalue weighted by atomic mass is 10.1. The van der Waals surface area contributed by atoms with E-state index < -0.39 is 11.8 Å². The second-order valence-electron chi connectivity index (χ2n) is 6.52. The maximum absolute atomic E-state index is 12.6. The van der Waals surface area contributed by atoms with Crippen molar-refractivity contribution in [3.8, 4) is 0 Å². The van der Waals surface area contributed by atoms with Crippen molar-refractivity contribution in [2.24, 2.45) is 5.73 Å². The Morgan fingerprint density at radius 3 is 2.47 bits per heavy atom. The first-order chi connectivity index (χ1) is 14.3. The van der Waals surface area contributed by atoms with E-state index in [0.717, 1.165) is 17.0 Å². The molecular formula is C19H21N7O3S. The van der Waals surface area contributed by atoms with Crippen molar-refractivity contribution in [1.29, 1.82) is 0 Å². The molecule has 0 radical (unpaired) electrons. The third-order valence-corrected chi connectivity index (χ3v) is 4.94. The summed E-state index contributed by atoms with van der Waals surface area (Å²) in [6, 6.07) is 6.33. The van der Waals surface area contributed by atoms with Crippen LogP contribution in [-0.4, -0.2) is 50.1 Å². The molecule has 1 aromatic carbocycles. The third-order valence-electron chi connectivity index (χ3n) is 4.40. The van der Waals surface area contributed by atoms with Crippen LogP contribution >= 0.6 is 11.8 Å². The molecule has 0 aliphatic rings. The topological polar surface area (TPSA) is 144 Å². The number of fused-ring (bicyclic) bond motifs is 1. The van der Waals surface area contributed by atoms with Crippen molar-refractivity contribution in [2.75, 3.05) is 18.1 Å². The summed E-state index contributed by atoms with van der Waals surface area (Å²) in [6.45, 7) is 3.48. The van der Waals surface area contributed by atoms with Crippen LogP contribution in [0.1, 0.15) is 27.3 Å². The van der Waals surface area contributed by atoms with Crippen LogP contribution in [0, 0.1) is 13.8 Å². The van der Waals surface area contributed by atoms with Crippen molar-refractivity contribution in [3.63, 3.8) is 0 Å². The van der Waals surface area contributed by atoms with Crippen LogP contribution in [0.4, 0.5) is 5.69 Å². The lowest BCUT2D eigenvalue weighted by Gasteiger charge is -2.11. The molecule has 4 N–H and O–H groups in total. The van der Waals surface area contributed by atoms with Crippen LogP contribution in [0.15, 0.2) is 29.4 Å². The minimum absolute atomic E-state index is 0.121. The van der Waals surface area contributed by atoms with Gasteiger partial charge in [-0.2, -0.15) is 4.98 Å². The molecule has 0 atom stereocenters. The van der Waals surface area contributed by atoms with E-state index in [-0.39, 0.29) is 18.9 Å². The quantitative estimate of drug-likeness (QED) is 0.474. The average molecular weight is 427 g/mol. The highest BCUT2D eigenvalue weighted by molar-refractivity contribution is 7.98. The van der Waals surface area contributed by atoms with Gasteiger partial charge in [0.05, 0.1) is 13.0 Å². The second kappa shape index (κ2) is 8.91. The molecule has 3 rings (SSSR count). The molecule has 2 heterocycles. The van der Waals surface area contributed by atoms with Gasteiger partial charge in [0.2, 0.25) is 17.0 Å². The largest absolute Gasteiger partial charge is 0.368 e. The maximum Gasteiger partial charge on any atom is 0.253 e. The Kier molecular flexibility index (Phi) is 6.31. The van der Waals surface area contributed by atoms with Crippen LogP contribution in [0.3, 0.4) is 0 Å². The number of thioether (sulfide) groups is 1. The summed E-state index contributed by atoms with van der Waals surface area (Å²) in [5.74, 6) is -0.766. The number of hydrogen-bond donors (Lipinski definition) is 3. The highest BCUT2D eigenvalue weighted by atomic mass is 32.2. The highest BCUT2D eigenvalue weighted by Gasteiger charge is 2.16. The van der Waals surface area contributed by atoms with Gasteiger partial charge in [-0.1, -0.05) is 11.8 Å². The summed E-state index contributed by atoms with van der Waals surface area (Å²) in [4.78, 5) is 44.0. The van der Waals surface area contributed by atoms with Gasteiger partial charge in [-0.25, -0.2) is 9.50 Å². The van der Waals surface area contributed by atoms with Gasteiger partial charge in [0, 0.05) is 28.2 Å². The molecule has 0 saturated carbocycles. The zero-order valence-electron chi connectivity index (χ0n) is 16.7. The molecule has 0 bridgehead atoms. The van der Waals surface area contributed by atoms with Gasteiger partial charge in [0.1, 0.15) is 0 Å².